The van der Waals surface area contributed by atoms with Crippen LogP contribution in [-0.4, -0.2) is 39.3 Å². The number of benzene rings is 2. The van der Waals surface area contributed by atoms with Crippen LogP contribution in [0.4, 0.5) is 0 Å². The van der Waals surface area contributed by atoms with Crippen LogP contribution in [0.1, 0.15) is 18.4 Å². The molecule has 2 aromatic rings. The van der Waals surface area contributed by atoms with Crippen molar-refractivity contribution >= 4 is 20.0 Å². The fourth-order valence-electron chi connectivity index (χ4n) is 3.08. The summed E-state index contributed by atoms with van der Waals surface area (Å²) in [5.41, 5.74) is -0.278. The van der Waals surface area contributed by atoms with Crippen molar-refractivity contribution in [3.05, 3.63) is 60.2 Å². The van der Waals surface area contributed by atoms with Gasteiger partial charge in [0.25, 0.3) is 0 Å². The van der Waals surface area contributed by atoms with Gasteiger partial charge in [-0.05, 0) is 42.7 Å². The van der Waals surface area contributed by atoms with Crippen molar-refractivity contribution in [1.82, 2.24) is 4.31 Å². The molecule has 0 atom stereocenters. The summed E-state index contributed by atoms with van der Waals surface area (Å²) in [6.45, 7) is 0.343. The van der Waals surface area contributed by atoms with Crippen molar-refractivity contribution in [2.45, 2.75) is 28.2 Å². The number of sulfonamides is 2. The molecule has 26 heavy (non-hydrogen) atoms. The first-order chi connectivity index (χ1) is 12.1. The third-order valence-corrected chi connectivity index (χ3v) is 7.49. The number of aliphatic hydroxyl groups is 1. The minimum atomic E-state index is -3.88. The first-order valence-electron chi connectivity index (χ1n) is 8.04. The van der Waals surface area contributed by atoms with Crippen molar-refractivity contribution in [1.29, 1.82) is 0 Å². The molecule has 0 aromatic heterocycles. The average molecular weight is 396 g/mol. The van der Waals surface area contributed by atoms with Gasteiger partial charge in [-0.3, -0.25) is 0 Å². The Morgan fingerprint density at radius 3 is 1.85 bits per heavy atom. The van der Waals surface area contributed by atoms with Gasteiger partial charge < -0.3 is 5.11 Å². The zero-order chi connectivity index (χ0) is 19.0. The third-order valence-electron chi connectivity index (χ3n) is 4.65. The monoisotopic (exact) mass is 396 g/mol. The highest BCUT2D eigenvalue weighted by molar-refractivity contribution is 7.89. The number of rotatable bonds is 4. The normalized spacial score (nSPS) is 18.5. The second-order valence-electron chi connectivity index (χ2n) is 6.32. The van der Waals surface area contributed by atoms with E-state index in [4.69, 9.17) is 5.14 Å². The van der Waals surface area contributed by atoms with Crippen LogP contribution in [0.3, 0.4) is 0 Å². The fourth-order valence-corrected chi connectivity index (χ4v) is 5.04. The van der Waals surface area contributed by atoms with Crippen LogP contribution in [-0.2, 0) is 25.6 Å². The molecule has 1 heterocycles. The molecular weight excluding hydrogens is 376 g/mol. The second kappa shape index (κ2) is 6.75. The maximum absolute atomic E-state index is 12.8. The molecule has 1 fully saturated rings. The van der Waals surface area contributed by atoms with Crippen LogP contribution in [0.25, 0.3) is 0 Å². The molecule has 0 amide bonds. The lowest BCUT2D eigenvalue weighted by Gasteiger charge is -2.37. The highest BCUT2D eigenvalue weighted by Gasteiger charge is 2.38. The summed E-state index contributed by atoms with van der Waals surface area (Å²) in [4.78, 5) is -0.149. The Labute approximate surface area is 153 Å². The van der Waals surface area contributed by atoms with E-state index < -0.39 is 25.6 Å². The van der Waals surface area contributed by atoms with Crippen LogP contribution in [0.2, 0.25) is 0 Å². The Bertz CT molecular complexity index is 979. The molecule has 0 radical (unpaired) electrons. The predicted octanol–water partition coefficient (Wildman–Crippen LogP) is 1.01. The first kappa shape index (κ1) is 19.0. The largest absolute Gasteiger partial charge is 0.385 e. The van der Waals surface area contributed by atoms with E-state index in [1.54, 1.807) is 0 Å². The van der Waals surface area contributed by atoms with Gasteiger partial charge in [0.1, 0.15) is 0 Å². The molecule has 0 aliphatic carbocycles. The standard InChI is InChI=1S/C17H20N2O5S2/c18-25(21,22)15-6-8-16(9-7-15)26(23,24)19-12-10-17(20,11-13-19)14-4-2-1-3-5-14/h1-9,20H,10-13H2,(H2,18,21,22). The third kappa shape index (κ3) is 3.67. The Kier molecular flexibility index (Phi) is 4.93. The SMILES string of the molecule is NS(=O)(=O)c1ccc(S(=O)(=O)N2CCC(O)(c3ccccc3)CC2)cc1. The lowest BCUT2D eigenvalue weighted by atomic mass is 9.85. The second-order valence-corrected chi connectivity index (χ2v) is 9.82. The van der Waals surface area contributed by atoms with Crippen molar-refractivity contribution in [3.8, 4) is 0 Å². The smallest absolute Gasteiger partial charge is 0.243 e. The van der Waals surface area contributed by atoms with Gasteiger partial charge in [-0.2, -0.15) is 4.31 Å². The molecule has 3 rings (SSSR count). The van der Waals surface area contributed by atoms with Gasteiger partial charge in [-0.15, -0.1) is 0 Å². The van der Waals surface area contributed by atoms with Crippen LogP contribution < -0.4 is 5.14 Å². The number of hydrogen-bond donors (Lipinski definition) is 2. The van der Waals surface area contributed by atoms with E-state index in [2.05, 4.69) is 0 Å². The molecule has 0 saturated carbocycles. The highest BCUT2D eigenvalue weighted by atomic mass is 32.2. The van der Waals surface area contributed by atoms with Crippen molar-refractivity contribution in [2.75, 3.05) is 13.1 Å². The quantitative estimate of drug-likeness (QED) is 0.800. The summed E-state index contributed by atoms with van der Waals surface area (Å²) in [6, 6.07) is 14.0. The zero-order valence-electron chi connectivity index (χ0n) is 13.9. The number of nitrogens with zero attached hydrogens (tertiary/aromatic N) is 1. The topological polar surface area (TPSA) is 118 Å². The molecular formula is C17H20N2O5S2. The molecule has 3 N–H and O–H groups in total. The van der Waals surface area contributed by atoms with E-state index in [9.17, 15) is 21.9 Å². The van der Waals surface area contributed by atoms with Crippen LogP contribution in [0.5, 0.6) is 0 Å². The molecule has 9 heteroatoms. The van der Waals surface area contributed by atoms with Crippen molar-refractivity contribution < 1.29 is 21.9 Å². The van der Waals surface area contributed by atoms with Gasteiger partial charge in [-0.1, -0.05) is 30.3 Å². The van der Waals surface area contributed by atoms with Crippen LogP contribution in [0.15, 0.2) is 64.4 Å². The number of nitrogens with two attached hydrogens (primary N) is 1. The number of piperidine rings is 1. The average Bonchev–Trinajstić information content (AvgIpc) is 2.62. The first-order valence-corrected chi connectivity index (χ1v) is 11.0. The summed E-state index contributed by atoms with van der Waals surface area (Å²) in [6.07, 6.45) is 0.566. The fraction of sp³-hybridized carbons (Fsp3) is 0.294. The Morgan fingerprint density at radius 1 is 0.846 bits per heavy atom. The van der Waals surface area contributed by atoms with Crippen molar-refractivity contribution in [3.63, 3.8) is 0 Å². The van der Waals surface area contributed by atoms with E-state index >= 15 is 0 Å². The number of primary sulfonamides is 1. The van der Waals surface area contributed by atoms with Gasteiger partial charge in [0.2, 0.25) is 20.0 Å². The molecule has 2 aromatic carbocycles. The summed E-state index contributed by atoms with van der Waals surface area (Å²) in [5.74, 6) is 0. The summed E-state index contributed by atoms with van der Waals surface area (Å²) >= 11 is 0. The van der Waals surface area contributed by atoms with Gasteiger partial charge in [0, 0.05) is 13.1 Å². The molecule has 1 aliphatic rings. The minimum Gasteiger partial charge on any atom is -0.385 e. The molecule has 7 nitrogen and oxygen atoms in total. The van der Waals surface area contributed by atoms with Gasteiger partial charge in [0.15, 0.2) is 0 Å². The van der Waals surface area contributed by atoms with E-state index in [-0.39, 0.29) is 35.7 Å². The highest BCUT2D eigenvalue weighted by Crippen LogP contribution is 2.34. The minimum absolute atomic E-state index is 0.00458. The summed E-state index contributed by atoms with van der Waals surface area (Å²) in [5, 5.41) is 15.8. The lowest BCUT2D eigenvalue weighted by Crippen LogP contribution is -2.45. The lowest BCUT2D eigenvalue weighted by molar-refractivity contribution is -0.00961. The molecule has 0 unspecified atom stereocenters. The van der Waals surface area contributed by atoms with E-state index in [1.165, 1.54) is 28.6 Å². The predicted molar refractivity (Wildman–Crippen MR) is 96.1 cm³/mol. The maximum atomic E-state index is 12.8. The molecule has 1 saturated heterocycles. The van der Waals surface area contributed by atoms with E-state index in [1.807, 2.05) is 30.3 Å². The van der Waals surface area contributed by atoms with E-state index in [0.717, 1.165) is 5.56 Å². The summed E-state index contributed by atoms with van der Waals surface area (Å²) < 4.78 is 49.4. The summed E-state index contributed by atoms with van der Waals surface area (Å²) in [7, 11) is -7.65. The molecule has 140 valence electrons. The van der Waals surface area contributed by atoms with Gasteiger partial charge in [0.05, 0.1) is 15.4 Å². The molecule has 1 aliphatic heterocycles. The maximum Gasteiger partial charge on any atom is 0.243 e. The molecule has 0 spiro atoms. The zero-order valence-corrected chi connectivity index (χ0v) is 15.6. The Morgan fingerprint density at radius 2 is 1.35 bits per heavy atom. The number of hydrogen-bond acceptors (Lipinski definition) is 5. The van der Waals surface area contributed by atoms with E-state index in [0.29, 0.717) is 0 Å². The van der Waals surface area contributed by atoms with Crippen molar-refractivity contribution in [2.24, 2.45) is 5.14 Å². The molecule has 0 bridgehead atoms. The van der Waals surface area contributed by atoms with Crippen LogP contribution >= 0.6 is 0 Å². The van der Waals surface area contributed by atoms with Crippen LogP contribution in [0, 0.1) is 0 Å². The Balaban J connectivity index is 1.78. The van der Waals surface area contributed by atoms with Gasteiger partial charge in [-0.25, -0.2) is 22.0 Å². The Hall–Kier alpha value is -1.78. The van der Waals surface area contributed by atoms with Gasteiger partial charge >= 0.3 is 0 Å².